The number of ether oxygens (including phenoxy) is 2. The molecule has 0 radical (unpaired) electrons. The molecular formula is C22H29N3O5S. The highest BCUT2D eigenvalue weighted by Crippen LogP contribution is 2.33. The maximum absolute atomic E-state index is 12.9. The summed E-state index contributed by atoms with van der Waals surface area (Å²) in [6.07, 6.45) is 5.81. The van der Waals surface area contributed by atoms with Gasteiger partial charge < -0.3 is 14.0 Å². The van der Waals surface area contributed by atoms with Crippen LogP contribution >= 0.6 is 0 Å². The Labute approximate surface area is 183 Å². The summed E-state index contributed by atoms with van der Waals surface area (Å²) in [5, 5.41) is 4.03. The van der Waals surface area contributed by atoms with E-state index < -0.39 is 10.0 Å². The normalized spacial score (nSPS) is 20.6. The van der Waals surface area contributed by atoms with Crippen molar-refractivity contribution in [2.75, 3.05) is 39.5 Å². The molecule has 1 aromatic carbocycles. The van der Waals surface area contributed by atoms with Crippen molar-refractivity contribution in [1.29, 1.82) is 0 Å². The van der Waals surface area contributed by atoms with Crippen molar-refractivity contribution < 1.29 is 22.4 Å². The van der Waals surface area contributed by atoms with Crippen LogP contribution in [0.2, 0.25) is 0 Å². The molecule has 2 fully saturated rings. The van der Waals surface area contributed by atoms with E-state index in [1.54, 1.807) is 6.07 Å². The van der Waals surface area contributed by atoms with E-state index in [1.165, 1.54) is 15.4 Å². The maximum Gasteiger partial charge on any atom is 0.243 e. The van der Waals surface area contributed by atoms with Gasteiger partial charge in [0.05, 0.1) is 17.4 Å². The van der Waals surface area contributed by atoms with Gasteiger partial charge in [0.2, 0.25) is 15.9 Å². The van der Waals surface area contributed by atoms with E-state index in [9.17, 15) is 8.42 Å². The number of hydrogen-bond donors (Lipinski definition) is 0. The van der Waals surface area contributed by atoms with Crippen LogP contribution in [-0.4, -0.2) is 62.4 Å². The molecular weight excluding hydrogens is 418 g/mol. The second kappa shape index (κ2) is 8.97. The Hall–Kier alpha value is -1.81. The SMILES string of the molecule is O=S(=O)(c1ccc2c(c1)CCC2)N1CC(c2nc(CCOCC3CCOCC3)no2)C1. The van der Waals surface area contributed by atoms with Crippen LogP contribution in [0.15, 0.2) is 27.6 Å². The average molecular weight is 448 g/mol. The van der Waals surface area contributed by atoms with E-state index in [-0.39, 0.29) is 5.92 Å². The molecule has 5 rings (SSSR count). The number of aromatic nitrogens is 2. The number of fused-ring (bicyclic) bond motifs is 1. The number of nitrogens with zero attached hydrogens (tertiary/aromatic N) is 3. The first-order valence-electron chi connectivity index (χ1n) is 11.2. The minimum atomic E-state index is -3.47. The summed E-state index contributed by atoms with van der Waals surface area (Å²) in [7, 11) is -3.47. The third-order valence-corrected chi connectivity index (χ3v) is 8.38. The Morgan fingerprint density at radius 2 is 1.94 bits per heavy atom. The van der Waals surface area contributed by atoms with Crippen molar-refractivity contribution in [1.82, 2.24) is 14.4 Å². The lowest BCUT2D eigenvalue weighted by atomic mass is 10.0. The van der Waals surface area contributed by atoms with Gasteiger partial charge in [-0.25, -0.2) is 8.42 Å². The molecule has 8 nitrogen and oxygen atoms in total. The molecule has 0 atom stereocenters. The van der Waals surface area contributed by atoms with Crippen molar-refractivity contribution >= 4 is 10.0 Å². The number of hydrogen-bond acceptors (Lipinski definition) is 7. The van der Waals surface area contributed by atoms with E-state index in [0.29, 0.717) is 48.6 Å². The summed E-state index contributed by atoms with van der Waals surface area (Å²) in [5.74, 6) is 1.65. The summed E-state index contributed by atoms with van der Waals surface area (Å²) in [6, 6.07) is 5.54. The smallest absolute Gasteiger partial charge is 0.243 e. The molecule has 31 heavy (non-hydrogen) atoms. The first-order chi connectivity index (χ1) is 15.1. The highest BCUT2D eigenvalue weighted by Gasteiger charge is 2.40. The van der Waals surface area contributed by atoms with E-state index in [4.69, 9.17) is 14.0 Å². The lowest BCUT2D eigenvalue weighted by molar-refractivity contribution is 0.0211. The zero-order valence-corrected chi connectivity index (χ0v) is 18.5. The van der Waals surface area contributed by atoms with Gasteiger partial charge in [-0.2, -0.15) is 9.29 Å². The van der Waals surface area contributed by atoms with Crippen LogP contribution in [0.4, 0.5) is 0 Å². The van der Waals surface area contributed by atoms with E-state index in [1.807, 2.05) is 12.1 Å². The Bertz CT molecular complexity index is 1010. The average Bonchev–Trinajstić information content (AvgIpc) is 3.40. The third kappa shape index (κ3) is 4.55. The van der Waals surface area contributed by atoms with Gasteiger partial charge in [0.25, 0.3) is 0 Å². The van der Waals surface area contributed by atoms with Gasteiger partial charge in [0.15, 0.2) is 5.82 Å². The van der Waals surface area contributed by atoms with Gasteiger partial charge in [-0.05, 0) is 61.3 Å². The standard InChI is InChI=1S/C22H29N3O5S/c26-31(27,20-5-4-17-2-1-3-18(17)12-20)25-13-19(14-25)22-23-21(24-30-22)8-11-29-15-16-6-9-28-10-7-16/h4-5,12,16,19H,1-3,6-11,13-15H2. The molecule has 168 valence electrons. The second-order valence-corrected chi connectivity index (χ2v) is 10.7. The third-order valence-electron chi connectivity index (χ3n) is 6.55. The Kier molecular flexibility index (Phi) is 6.10. The highest BCUT2D eigenvalue weighted by atomic mass is 32.2. The quantitative estimate of drug-likeness (QED) is 0.573. The fourth-order valence-electron chi connectivity index (χ4n) is 4.51. The summed E-state index contributed by atoms with van der Waals surface area (Å²) in [4.78, 5) is 4.84. The van der Waals surface area contributed by atoms with Crippen LogP contribution < -0.4 is 0 Å². The summed E-state index contributed by atoms with van der Waals surface area (Å²) in [5.41, 5.74) is 2.44. The second-order valence-electron chi connectivity index (χ2n) is 8.73. The highest BCUT2D eigenvalue weighted by molar-refractivity contribution is 7.89. The van der Waals surface area contributed by atoms with Crippen molar-refractivity contribution in [3.8, 4) is 0 Å². The van der Waals surface area contributed by atoms with Crippen LogP contribution in [0.25, 0.3) is 0 Å². The van der Waals surface area contributed by atoms with Gasteiger partial charge >= 0.3 is 0 Å². The van der Waals surface area contributed by atoms with E-state index in [2.05, 4.69) is 10.1 Å². The lowest BCUT2D eigenvalue weighted by Gasteiger charge is -2.35. The zero-order chi connectivity index (χ0) is 21.3. The van der Waals surface area contributed by atoms with Crippen LogP contribution in [0.5, 0.6) is 0 Å². The number of sulfonamides is 1. The minimum absolute atomic E-state index is 0.0476. The van der Waals surface area contributed by atoms with Crippen molar-refractivity contribution in [3.05, 3.63) is 41.0 Å². The number of rotatable bonds is 8. The molecule has 0 amide bonds. The molecule has 0 unspecified atom stereocenters. The monoisotopic (exact) mass is 447 g/mol. The molecule has 2 aliphatic heterocycles. The van der Waals surface area contributed by atoms with Gasteiger partial charge in [0, 0.05) is 39.3 Å². The fourth-order valence-corrected chi connectivity index (χ4v) is 6.09. The molecule has 1 aliphatic carbocycles. The first kappa shape index (κ1) is 21.1. The number of aryl methyl sites for hydroxylation is 2. The van der Waals surface area contributed by atoms with Crippen molar-refractivity contribution in [3.63, 3.8) is 0 Å². The lowest BCUT2D eigenvalue weighted by Crippen LogP contribution is -2.48. The van der Waals surface area contributed by atoms with Crippen LogP contribution in [0.1, 0.15) is 48.0 Å². The molecule has 9 heteroatoms. The molecule has 0 bridgehead atoms. The molecule has 2 aromatic rings. The predicted molar refractivity (Wildman–Crippen MR) is 112 cm³/mol. The largest absolute Gasteiger partial charge is 0.381 e. The predicted octanol–water partition coefficient (Wildman–Crippen LogP) is 2.33. The van der Waals surface area contributed by atoms with Crippen LogP contribution in [0, 0.1) is 5.92 Å². The van der Waals surface area contributed by atoms with Crippen molar-refractivity contribution in [2.24, 2.45) is 5.92 Å². The Morgan fingerprint density at radius 3 is 2.77 bits per heavy atom. The van der Waals surface area contributed by atoms with Gasteiger partial charge in [0.1, 0.15) is 0 Å². The first-order valence-corrected chi connectivity index (χ1v) is 12.6. The maximum atomic E-state index is 12.9. The Morgan fingerprint density at radius 1 is 1.13 bits per heavy atom. The molecule has 0 spiro atoms. The molecule has 2 saturated heterocycles. The molecule has 1 aromatic heterocycles. The molecule has 0 N–H and O–H groups in total. The van der Waals surface area contributed by atoms with E-state index >= 15 is 0 Å². The molecule has 3 heterocycles. The van der Waals surface area contributed by atoms with Gasteiger partial charge in [-0.3, -0.25) is 0 Å². The Balaban J connectivity index is 1.10. The number of benzene rings is 1. The zero-order valence-electron chi connectivity index (χ0n) is 17.7. The summed E-state index contributed by atoms with van der Waals surface area (Å²) >= 11 is 0. The van der Waals surface area contributed by atoms with E-state index in [0.717, 1.165) is 51.9 Å². The van der Waals surface area contributed by atoms with Gasteiger partial charge in [-0.15, -0.1) is 0 Å². The topological polar surface area (TPSA) is 94.8 Å². The van der Waals surface area contributed by atoms with Crippen LogP contribution in [0.3, 0.4) is 0 Å². The van der Waals surface area contributed by atoms with Crippen molar-refractivity contribution in [2.45, 2.75) is 49.3 Å². The fraction of sp³-hybridized carbons (Fsp3) is 0.636. The molecule has 3 aliphatic rings. The summed E-state index contributed by atoms with van der Waals surface area (Å²) in [6.45, 7) is 3.69. The van der Waals surface area contributed by atoms with Gasteiger partial charge in [-0.1, -0.05) is 11.2 Å². The molecule has 0 saturated carbocycles. The minimum Gasteiger partial charge on any atom is -0.381 e. The van der Waals surface area contributed by atoms with Crippen LogP contribution in [-0.2, 0) is 38.8 Å². The summed E-state index contributed by atoms with van der Waals surface area (Å²) < 4.78 is 43.9.